The van der Waals surface area contributed by atoms with Crippen LogP contribution in [0.1, 0.15) is 20.3 Å². The molecule has 0 aliphatic rings. The summed E-state index contributed by atoms with van der Waals surface area (Å²) in [6.45, 7) is 4.15. The molecule has 0 saturated heterocycles. The maximum absolute atomic E-state index is 5.63. The first-order valence-corrected chi connectivity index (χ1v) is 4.56. The van der Waals surface area contributed by atoms with Gasteiger partial charge in [-0.05, 0) is 24.9 Å². The second-order valence-corrected chi connectivity index (χ2v) is 3.24. The van der Waals surface area contributed by atoms with Gasteiger partial charge >= 0.3 is 0 Å². The highest BCUT2D eigenvalue weighted by atomic mass is 35.5. The lowest BCUT2D eigenvalue weighted by Gasteiger charge is -2.11. The van der Waals surface area contributed by atoms with Gasteiger partial charge in [0.05, 0.1) is 0 Å². The van der Waals surface area contributed by atoms with Gasteiger partial charge in [-0.2, -0.15) is 0 Å². The van der Waals surface area contributed by atoms with E-state index in [1.54, 1.807) is 6.07 Å². The maximum atomic E-state index is 5.63. The third-order valence-electron chi connectivity index (χ3n) is 1.73. The Hall–Kier alpha value is -1.03. The number of hydrogen-bond donors (Lipinski definition) is 2. The molecule has 1 aromatic rings. The van der Waals surface area contributed by atoms with E-state index in [1.807, 2.05) is 0 Å². The highest BCUT2D eigenvalue weighted by molar-refractivity contribution is 6.28. The number of nitrogens with two attached hydrogens (primary N) is 1. The van der Waals surface area contributed by atoms with E-state index in [-0.39, 0.29) is 5.28 Å². The minimum Gasteiger partial charge on any atom is -0.383 e. The van der Waals surface area contributed by atoms with Crippen LogP contribution < -0.4 is 11.1 Å². The van der Waals surface area contributed by atoms with E-state index in [9.17, 15) is 0 Å². The summed E-state index contributed by atoms with van der Waals surface area (Å²) in [4.78, 5) is 7.74. The first-order valence-electron chi connectivity index (χ1n) is 4.18. The van der Waals surface area contributed by atoms with E-state index >= 15 is 0 Å². The molecular formula is C8H13ClN4. The molecular weight excluding hydrogens is 188 g/mol. The van der Waals surface area contributed by atoms with Crippen molar-refractivity contribution in [3.63, 3.8) is 0 Å². The molecule has 0 bridgehead atoms. The van der Waals surface area contributed by atoms with Gasteiger partial charge in [-0.3, -0.25) is 0 Å². The van der Waals surface area contributed by atoms with Gasteiger partial charge in [0.2, 0.25) is 5.28 Å². The normalized spacial score (nSPS) is 12.5. The summed E-state index contributed by atoms with van der Waals surface area (Å²) in [5, 5.41) is 3.33. The number of aromatic nitrogens is 2. The Labute approximate surface area is 82.5 Å². The molecule has 0 radical (unpaired) electrons. The Morgan fingerprint density at radius 2 is 2.31 bits per heavy atom. The zero-order valence-corrected chi connectivity index (χ0v) is 8.47. The predicted octanol–water partition coefficient (Wildman–Crippen LogP) is 1.92. The van der Waals surface area contributed by atoms with Crippen molar-refractivity contribution in [3.8, 4) is 0 Å². The summed E-state index contributed by atoms with van der Waals surface area (Å²) in [6.07, 6.45) is 1.02. The first kappa shape index (κ1) is 10.1. The quantitative estimate of drug-likeness (QED) is 0.732. The Kier molecular flexibility index (Phi) is 3.31. The number of nitrogen functional groups attached to an aromatic ring is 1. The zero-order chi connectivity index (χ0) is 9.84. The van der Waals surface area contributed by atoms with Crippen molar-refractivity contribution in [2.24, 2.45) is 0 Å². The van der Waals surface area contributed by atoms with Gasteiger partial charge in [0.1, 0.15) is 11.6 Å². The van der Waals surface area contributed by atoms with Crippen molar-refractivity contribution < 1.29 is 0 Å². The molecule has 1 atom stereocenters. The van der Waals surface area contributed by atoms with Gasteiger partial charge in [0.25, 0.3) is 0 Å². The number of nitrogens with zero attached hydrogens (tertiary/aromatic N) is 2. The second kappa shape index (κ2) is 4.28. The second-order valence-electron chi connectivity index (χ2n) is 2.90. The lowest BCUT2D eigenvalue weighted by molar-refractivity contribution is 0.758. The molecule has 0 saturated carbocycles. The molecule has 0 fully saturated rings. The highest BCUT2D eigenvalue weighted by Crippen LogP contribution is 2.12. The number of nitrogens with one attached hydrogen (secondary N) is 1. The first-order chi connectivity index (χ1) is 6.11. The van der Waals surface area contributed by atoms with Crippen LogP contribution in [-0.4, -0.2) is 16.0 Å². The van der Waals surface area contributed by atoms with Crippen molar-refractivity contribution in [1.82, 2.24) is 9.97 Å². The smallest absolute Gasteiger partial charge is 0.226 e. The summed E-state index contributed by atoms with van der Waals surface area (Å²) < 4.78 is 0. The molecule has 5 heteroatoms. The number of anilines is 2. The van der Waals surface area contributed by atoms with Crippen LogP contribution >= 0.6 is 11.6 Å². The lowest BCUT2D eigenvalue weighted by atomic mass is 10.2. The monoisotopic (exact) mass is 200 g/mol. The zero-order valence-electron chi connectivity index (χ0n) is 7.71. The summed E-state index contributed by atoms with van der Waals surface area (Å²) in [5.41, 5.74) is 5.50. The topological polar surface area (TPSA) is 63.8 Å². The summed E-state index contributed by atoms with van der Waals surface area (Å²) >= 11 is 5.63. The van der Waals surface area contributed by atoms with E-state index in [0.717, 1.165) is 6.42 Å². The molecule has 4 nitrogen and oxygen atoms in total. The molecule has 1 aromatic heterocycles. The largest absolute Gasteiger partial charge is 0.383 e. The van der Waals surface area contributed by atoms with Crippen molar-refractivity contribution in [2.45, 2.75) is 26.3 Å². The third-order valence-corrected chi connectivity index (χ3v) is 1.89. The van der Waals surface area contributed by atoms with Crippen LogP contribution in [0.5, 0.6) is 0 Å². The number of halogens is 1. The van der Waals surface area contributed by atoms with Gasteiger partial charge in [0.15, 0.2) is 0 Å². The van der Waals surface area contributed by atoms with Crippen molar-refractivity contribution in [1.29, 1.82) is 0 Å². The molecule has 0 aromatic carbocycles. The molecule has 1 heterocycles. The van der Waals surface area contributed by atoms with E-state index in [1.165, 1.54) is 0 Å². The van der Waals surface area contributed by atoms with Gasteiger partial charge < -0.3 is 11.1 Å². The summed E-state index contributed by atoms with van der Waals surface area (Å²) in [5.74, 6) is 1.05. The molecule has 0 aliphatic carbocycles. The minimum atomic E-state index is 0.172. The van der Waals surface area contributed by atoms with E-state index in [2.05, 4.69) is 29.1 Å². The van der Waals surface area contributed by atoms with Crippen LogP contribution in [0.4, 0.5) is 11.6 Å². The van der Waals surface area contributed by atoms with Crippen LogP contribution in [-0.2, 0) is 0 Å². The van der Waals surface area contributed by atoms with E-state index in [4.69, 9.17) is 17.3 Å². The molecule has 13 heavy (non-hydrogen) atoms. The average molecular weight is 201 g/mol. The van der Waals surface area contributed by atoms with E-state index < -0.39 is 0 Å². The molecule has 0 aliphatic heterocycles. The van der Waals surface area contributed by atoms with Crippen LogP contribution in [0.2, 0.25) is 5.28 Å². The van der Waals surface area contributed by atoms with Gasteiger partial charge in [-0.1, -0.05) is 6.92 Å². The number of hydrogen-bond acceptors (Lipinski definition) is 4. The fraction of sp³-hybridized carbons (Fsp3) is 0.500. The van der Waals surface area contributed by atoms with Crippen molar-refractivity contribution in [2.75, 3.05) is 11.1 Å². The average Bonchev–Trinajstić information content (AvgIpc) is 2.02. The van der Waals surface area contributed by atoms with Crippen LogP contribution in [0, 0.1) is 0 Å². The molecule has 0 amide bonds. The fourth-order valence-corrected chi connectivity index (χ4v) is 1.05. The van der Waals surface area contributed by atoms with Crippen LogP contribution in [0.15, 0.2) is 6.07 Å². The molecule has 1 rings (SSSR count). The van der Waals surface area contributed by atoms with Crippen LogP contribution in [0.3, 0.4) is 0 Å². The predicted molar refractivity (Wildman–Crippen MR) is 54.8 cm³/mol. The van der Waals surface area contributed by atoms with Crippen molar-refractivity contribution in [3.05, 3.63) is 11.3 Å². The fourth-order valence-electron chi connectivity index (χ4n) is 0.864. The Balaban J connectivity index is 2.77. The Morgan fingerprint density at radius 1 is 1.62 bits per heavy atom. The van der Waals surface area contributed by atoms with Gasteiger partial charge in [-0.25, -0.2) is 9.97 Å². The Bertz CT molecular complexity index is 269. The van der Waals surface area contributed by atoms with Gasteiger partial charge in [0, 0.05) is 12.1 Å². The molecule has 72 valence electrons. The SMILES string of the molecule is CCC(C)Nc1cc(N)nc(Cl)n1. The standard InChI is InChI=1S/C8H13ClN4/c1-3-5(2)11-7-4-6(10)12-8(9)13-7/h4-5H,3H2,1-2H3,(H3,10,11,12,13). The third kappa shape index (κ3) is 3.06. The van der Waals surface area contributed by atoms with E-state index in [0.29, 0.717) is 17.7 Å². The van der Waals surface area contributed by atoms with Crippen molar-refractivity contribution >= 4 is 23.2 Å². The van der Waals surface area contributed by atoms with Gasteiger partial charge in [-0.15, -0.1) is 0 Å². The van der Waals surface area contributed by atoms with Crippen LogP contribution in [0.25, 0.3) is 0 Å². The Morgan fingerprint density at radius 3 is 2.85 bits per heavy atom. The number of rotatable bonds is 3. The summed E-state index contributed by atoms with van der Waals surface area (Å²) in [6, 6.07) is 2.02. The molecule has 1 unspecified atom stereocenters. The molecule has 3 N–H and O–H groups in total. The summed E-state index contributed by atoms with van der Waals surface area (Å²) in [7, 11) is 0. The lowest BCUT2D eigenvalue weighted by Crippen LogP contribution is -2.15. The maximum Gasteiger partial charge on any atom is 0.226 e. The highest BCUT2D eigenvalue weighted by Gasteiger charge is 2.02. The molecule has 0 spiro atoms. The minimum absolute atomic E-state index is 0.172.